The van der Waals surface area contributed by atoms with Gasteiger partial charge in [0.05, 0.1) is 0 Å². The van der Waals surface area contributed by atoms with Gasteiger partial charge in [-0.15, -0.1) is 0 Å². The number of hydrogen-bond acceptors (Lipinski definition) is 2. The van der Waals surface area contributed by atoms with Crippen LogP contribution in [0.5, 0.6) is 0 Å². The Labute approximate surface area is 98.7 Å². The number of aromatic nitrogens is 1. The summed E-state index contributed by atoms with van der Waals surface area (Å²) in [4.78, 5) is 6.64. The molecule has 1 saturated carbocycles. The number of hydrogen-bond donors (Lipinski definition) is 0. The van der Waals surface area contributed by atoms with Gasteiger partial charge in [-0.25, -0.2) is 0 Å². The molecule has 1 aliphatic rings. The van der Waals surface area contributed by atoms with Gasteiger partial charge in [-0.1, -0.05) is 19.9 Å². The van der Waals surface area contributed by atoms with E-state index < -0.39 is 0 Å². The summed E-state index contributed by atoms with van der Waals surface area (Å²) >= 11 is 0. The van der Waals surface area contributed by atoms with Gasteiger partial charge in [0.1, 0.15) is 0 Å². The quantitative estimate of drug-likeness (QED) is 0.775. The third-order valence-electron chi connectivity index (χ3n) is 3.72. The molecule has 0 aliphatic heterocycles. The van der Waals surface area contributed by atoms with Crippen LogP contribution in [0.3, 0.4) is 0 Å². The first-order valence-corrected chi connectivity index (χ1v) is 6.16. The van der Waals surface area contributed by atoms with E-state index in [1.807, 2.05) is 18.5 Å². The molecule has 1 atom stereocenters. The van der Waals surface area contributed by atoms with E-state index >= 15 is 0 Å². The van der Waals surface area contributed by atoms with Crippen molar-refractivity contribution < 1.29 is 0 Å². The van der Waals surface area contributed by atoms with Crippen molar-refractivity contribution >= 4 is 0 Å². The summed E-state index contributed by atoms with van der Waals surface area (Å²) in [6.45, 7) is 5.78. The first kappa shape index (κ1) is 11.6. The Morgan fingerprint density at radius 2 is 2.31 bits per heavy atom. The molecule has 2 rings (SSSR count). The van der Waals surface area contributed by atoms with Gasteiger partial charge in [0.2, 0.25) is 0 Å². The van der Waals surface area contributed by atoms with E-state index in [1.54, 1.807) is 0 Å². The number of pyridine rings is 1. The molecule has 0 bridgehead atoms. The van der Waals surface area contributed by atoms with E-state index in [1.165, 1.54) is 24.8 Å². The Kier molecular flexibility index (Phi) is 3.29. The highest BCUT2D eigenvalue weighted by Gasteiger charge is 2.32. The van der Waals surface area contributed by atoms with Crippen molar-refractivity contribution in [1.82, 2.24) is 9.88 Å². The molecule has 0 N–H and O–H groups in total. The molecule has 0 saturated heterocycles. The molecule has 1 aromatic rings. The van der Waals surface area contributed by atoms with Crippen LogP contribution >= 0.6 is 0 Å². The molecule has 1 aromatic heterocycles. The van der Waals surface area contributed by atoms with Crippen molar-refractivity contribution in [2.24, 2.45) is 5.41 Å². The van der Waals surface area contributed by atoms with Crippen LogP contribution in [0.1, 0.15) is 38.7 Å². The third kappa shape index (κ3) is 2.82. The van der Waals surface area contributed by atoms with Gasteiger partial charge >= 0.3 is 0 Å². The second-order valence-corrected chi connectivity index (χ2v) is 5.84. The minimum absolute atomic E-state index is 0.536. The van der Waals surface area contributed by atoms with Gasteiger partial charge in [-0.3, -0.25) is 9.88 Å². The Hall–Kier alpha value is -0.890. The summed E-state index contributed by atoms with van der Waals surface area (Å²) in [7, 11) is 2.24. The highest BCUT2D eigenvalue weighted by atomic mass is 15.1. The smallest absolute Gasteiger partial charge is 0.0312 e. The van der Waals surface area contributed by atoms with E-state index in [9.17, 15) is 0 Å². The largest absolute Gasteiger partial charge is 0.299 e. The molecule has 0 aromatic carbocycles. The highest BCUT2D eigenvalue weighted by Crippen LogP contribution is 2.39. The van der Waals surface area contributed by atoms with Crippen LogP contribution in [0, 0.1) is 5.41 Å². The van der Waals surface area contributed by atoms with Crippen LogP contribution in [-0.4, -0.2) is 23.0 Å². The normalized spacial score (nSPS) is 23.9. The van der Waals surface area contributed by atoms with Crippen molar-refractivity contribution in [3.05, 3.63) is 30.1 Å². The molecule has 88 valence electrons. The fourth-order valence-electron chi connectivity index (χ4n) is 2.68. The average Bonchev–Trinajstić information content (AvgIpc) is 2.60. The van der Waals surface area contributed by atoms with Gasteiger partial charge in [0.25, 0.3) is 0 Å². The minimum atomic E-state index is 0.536. The molecule has 16 heavy (non-hydrogen) atoms. The lowest BCUT2D eigenvalue weighted by Gasteiger charge is -2.25. The second kappa shape index (κ2) is 4.54. The van der Waals surface area contributed by atoms with Crippen molar-refractivity contribution in [2.45, 2.75) is 45.7 Å². The lowest BCUT2D eigenvalue weighted by Crippen LogP contribution is -2.29. The minimum Gasteiger partial charge on any atom is -0.299 e. The van der Waals surface area contributed by atoms with Crippen LogP contribution in [0.2, 0.25) is 0 Å². The molecule has 2 nitrogen and oxygen atoms in total. The fourth-order valence-corrected chi connectivity index (χ4v) is 2.68. The second-order valence-electron chi connectivity index (χ2n) is 5.84. The molecule has 1 fully saturated rings. The van der Waals surface area contributed by atoms with E-state index in [4.69, 9.17) is 0 Å². The molecular formula is C14H22N2. The third-order valence-corrected chi connectivity index (χ3v) is 3.72. The van der Waals surface area contributed by atoms with Gasteiger partial charge < -0.3 is 0 Å². The first-order valence-electron chi connectivity index (χ1n) is 6.16. The van der Waals surface area contributed by atoms with E-state index in [-0.39, 0.29) is 0 Å². The van der Waals surface area contributed by atoms with E-state index in [0.717, 1.165) is 12.6 Å². The maximum Gasteiger partial charge on any atom is 0.0312 e. The van der Waals surface area contributed by atoms with Crippen LogP contribution in [0.15, 0.2) is 24.5 Å². The van der Waals surface area contributed by atoms with Crippen LogP contribution < -0.4 is 0 Å². The molecule has 1 aliphatic carbocycles. The van der Waals surface area contributed by atoms with Gasteiger partial charge in [-0.2, -0.15) is 0 Å². The van der Waals surface area contributed by atoms with Crippen molar-refractivity contribution in [2.75, 3.05) is 7.05 Å². The summed E-state index contributed by atoms with van der Waals surface area (Å²) < 4.78 is 0. The van der Waals surface area contributed by atoms with Crippen LogP contribution in [0.4, 0.5) is 0 Å². The zero-order chi connectivity index (χ0) is 11.6. The van der Waals surface area contributed by atoms with Gasteiger partial charge in [-0.05, 0) is 43.4 Å². The lowest BCUT2D eigenvalue weighted by atomic mass is 9.91. The SMILES string of the molecule is CN(Cc1cccnc1)C1CCC(C)(C)C1. The summed E-state index contributed by atoms with van der Waals surface area (Å²) in [6.07, 6.45) is 7.82. The zero-order valence-electron chi connectivity index (χ0n) is 10.6. The van der Waals surface area contributed by atoms with Gasteiger partial charge in [0, 0.05) is 25.0 Å². The molecule has 1 heterocycles. The predicted octanol–water partition coefficient (Wildman–Crippen LogP) is 3.09. The summed E-state index contributed by atoms with van der Waals surface area (Å²) in [5, 5.41) is 0. The molecule has 1 unspecified atom stereocenters. The maximum absolute atomic E-state index is 4.17. The molecular weight excluding hydrogens is 196 g/mol. The van der Waals surface area contributed by atoms with E-state index in [2.05, 4.69) is 36.8 Å². The number of rotatable bonds is 3. The maximum atomic E-state index is 4.17. The Morgan fingerprint density at radius 1 is 1.50 bits per heavy atom. The molecule has 0 radical (unpaired) electrons. The summed E-state index contributed by atoms with van der Waals surface area (Å²) in [6, 6.07) is 4.92. The molecule has 0 spiro atoms. The predicted molar refractivity (Wildman–Crippen MR) is 67.1 cm³/mol. The average molecular weight is 218 g/mol. The zero-order valence-corrected chi connectivity index (χ0v) is 10.6. The fraction of sp³-hybridized carbons (Fsp3) is 0.643. The monoisotopic (exact) mass is 218 g/mol. The van der Waals surface area contributed by atoms with Crippen LogP contribution in [0.25, 0.3) is 0 Å². The topological polar surface area (TPSA) is 16.1 Å². The standard InChI is InChI=1S/C14H22N2/c1-14(2)7-6-13(9-14)16(3)11-12-5-4-8-15-10-12/h4-5,8,10,13H,6-7,9,11H2,1-3H3. The summed E-state index contributed by atoms with van der Waals surface area (Å²) in [5.41, 5.74) is 1.85. The first-order chi connectivity index (χ1) is 7.57. The van der Waals surface area contributed by atoms with Crippen LogP contribution in [-0.2, 0) is 6.54 Å². The molecule has 2 heteroatoms. The van der Waals surface area contributed by atoms with E-state index in [0.29, 0.717) is 5.41 Å². The Balaban J connectivity index is 1.92. The Bertz CT molecular complexity index is 332. The van der Waals surface area contributed by atoms with Crippen molar-refractivity contribution in [3.8, 4) is 0 Å². The number of nitrogens with zero attached hydrogens (tertiary/aromatic N) is 2. The van der Waals surface area contributed by atoms with Crippen molar-refractivity contribution in [3.63, 3.8) is 0 Å². The lowest BCUT2D eigenvalue weighted by molar-refractivity contribution is 0.220. The Morgan fingerprint density at radius 3 is 2.88 bits per heavy atom. The van der Waals surface area contributed by atoms with Crippen molar-refractivity contribution in [1.29, 1.82) is 0 Å². The summed E-state index contributed by atoms with van der Waals surface area (Å²) in [5.74, 6) is 0. The molecule has 0 amide bonds. The van der Waals surface area contributed by atoms with Gasteiger partial charge in [0.15, 0.2) is 0 Å². The highest BCUT2D eigenvalue weighted by molar-refractivity contribution is 5.08.